The quantitative estimate of drug-likeness (QED) is 0.851. The summed E-state index contributed by atoms with van der Waals surface area (Å²) in [5, 5.41) is 0. The van der Waals surface area contributed by atoms with Crippen LogP contribution in [0.4, 0.5) is 0 Å². The van der Waals surface area contributed by atoms with Crippen LogP contribution in [-0.2, 0) is 25.0 Å². The van der Waals surface area contributed by atoms with E-state index in [1.54, 1.807) is 19.1 Å². The van der Waals surface area contributed by atoms with Crippen molar-refractivity contribution in [2.24, 2.45) is 0 Å². The first kappa shape index (κ1) is 20.4. The summed E-state index contributed by atoms with van der Waals surface area (Å²) < 4.78 is 27.3. The minimum atomic E-state index is -3.98. The first-order valence-electron chi connectivity index (χ1n) is 8.90. The van der Waals surface area contributed by atoms with E-state index in [1.807, 2.05) is 27.7 Å². The molecule has 1 atom stereocenters. The van der Waals surface area contributed by atoms with Gasteiger partial charge in [0.25, 0.3) is 15.9 Å². The molecule has 1 N–H and O–H groups in total. The number of carbonyl (C=O) groups is 2. The Balaban J connectivity index is 2.16. The van der Waals surface area contributed by atoms with Crippen molar-refractivity contribution >= 4 is 21.8 Å². The van der Waals surface area contributed by atoms with Crippen LogP contribution in [0.25, 0.3) is 0 Å². The molecule has 0 aromatic heterocycles. The van der Waals surface area contributed by atoms with E-state index in [-0.39, 0.29) is 16.2 Å². The Morgan fingerprint density at radius 2 is 1.77 bits per heavy atom. The van der Waals surface area contributed by atoms with Crippen molar-refractivity contribution < 1.29 is 18.0 Å². The van der Waals surface area contributed by atoms with E-state index in [1.165, 1.54) is 17.0 Å². The molecule has 1 heterocycles. The summed E-state index contributed by atoms with van der Waals surface area (Å²) in [6, 6.07) is 6.50. The Hall–Kier alpha value is -1.89. The van der Waals surface area contributed by atoms with Crippen LogP contribution in [0.5, 0.6) is 0 Å². The van der Waals surface area contributed by atoms with Crippen LogP contribution in [0.15, 0.2) is 29.2 Å². The fourth-order valence-corrected chi connectivity index (χ4v) is 4.05. The van der Waals surface area contributed by atoms with Crippen LogP contribution in [0, 0.1) is 0 Å². The molecule has 7 heteroatoms. The zero-order chi connectivity index (χ0) is 19.8. The van der Waals surface area contributed by atoms with Gasteiger partial charge in [0.1, 0.15) is 5.54 Å². The second-order valence-electron chi connectivity index (χ2n) is 8.03. The predicted molar refractivity (Wildman–Crippen MR) is 100 cm³/mol. The molecule has 1 saturated heterocycles. The monoisotopic (exact) mass is 380 g/mol. The molecule has 26 heavy (non-hydrogen) atoms. The minimum Gasteiger partial charge on any atom is -0.328 e. The fraction of sp³-hybridized carbons (Fsp3) is 0.579. The maximum Gasteiger partial charge on any atom is 0.264 e. The van der Waals surface area contributed by atoms with Crippen LogP contribution in [0.1, 0.15) is 59.4 Å². The summed E-state index contributed by atoms with van der Waals surface area (Å²) in [4.78, 5) is 26.2. The average molecular weight is 381 g/mol. The van der Waals surface area contributed by atoms with E-state index in [4.69, 9.17) is 0 Å². The maximum atomic E-state index is 12.6. The maximum absolute atomic E-state index is 12.6. The highest BCUT2D eigenvalue weighted by Crippen LogP contribution is 2.32. The molecule has 0 saturated carbocycles. The average Bonchev–Trinajstić information content (AvgIpc) is 2.52. The van der Waals surface area contributed by atoms with Crippen molar-refractivity contribution in [3.05, 3.63) is 29.8 Å². The number of nitrogens with zero attached hydrogens (tertiary/aromatic N) is 1. The normalized spacial score (nSPS) is 20.4. The highest BCUT2D eigenvalue weighted by atomic mass is 32.2. The smallest absolute Gasteiger partial charge is 0.264 e. The summed E-state index contributed by atoms with van der Waals surface area (Å²) in [6.45, 7) is 10.1. The van der Waals surface area contributed by atoms with Crippen molar-refractivity contribution in [1.29, 1.82) is 0 Å². The first-order valence-corrected chi connectivity index (χ1v) is 10.4. The molecule has 2 rings (SSSR count). The highest BCUT2D eigenvalue weighted by molar-refractivity contribution is 7.90. The lowest BCUT2D eigenvalue weighted by molar-refractivity contribution is -0.156. The van der Waals surface area contributed by atoms with Crippen LogP contribution in [0.2, 0.25) is 0 Å². The van der Waals surface area contributed by atoms with E-state index in [2.05, 4.69) is 4.72 Å². The topological polar surface area (TPSA) is 83.6 Å². The lowest BCUT2D eigenvalue weighted by Gasteiger charge is -2.48. The van der Waals surface area contributed by atoms with E-state index < -0.39 is 21.5 Å². The van der Waals surface area contributed by atoms with Crippen molar-refractivity contribution in [3.8, 4) is 0 Å². The zero-order valence-electron chi connectivity index (χ0n) is 16.1. The van der Waals surface area contributed by atoms with Crippen molar-refractivity contribution in [2.45, 2.75) is 69.7 Å². The van der Waals surface area contributed by atoms with Gasteiger partial charge in [0.05, 0.1) is 4.90 Å². The van der Waals surface area contributed by atoms with Gasteiger partial charge in [0.2, 0.25) is 5.91 Å². The molecule has 2 amide bonds. The van der Waals surface area contributed by atoms with Gasteiger partial charge in [-0.15, -0.1) is 0 Å². The lowest BCUT2D eigenvalue weighted by Crippen LogP contribution is -2.67. The molecule has 0 spiro atoms. The molecule has 0 bridgehead atoms. The van der Waals surface area contributed by atoms with Crippen molar-refractivity contribution in [2.75, 3.05) is 6.54 Å². The largest absolute Gasteiger partial charge is 0.328 e. The Kier molecular flexibility index (Phi) is 5.52. The summed E-state index contributed by atoms with van der Waals surface area (Å²) in [5.41, 5.74) is -0.194. The van der Waals surface area contributed by atoms with Gasteiger partial charge in [-0.25, -0.2) is 13.1 Å². The van der Waals surface area contributed by atoms with Crippen molar-refractivity contribution in [3.63, 3.8) is 0 Å². The number of benzene rings is 1. The Bertz CT molecular complexity index is 794. The number of likely N-dealkylation sites (tertiary alicyclic amines) is 1. The minimum absolute atomic E-state index is 0.0354. The van der Waals surface area contributed by atoms with Gasteiger partial charge in [-0.3, -0.25) is 9.59 Å². The number of nitrogens with one attached hydrogen (secondary N) is 1. The Morgan fingerprint density at radius 1 is 1.19 bits per heavy atom. The Labute approximate surface area is 156 Å². The number of carbonyl (C=O) groups excluding carboxylic acids is 2. The van der Waals surface area contributed by atoms with Gasteiger partial charge in [-0.1, -0.05) is 39.8 Å². The molecule has 1 fully saturated rings. The second kappa shape index (κ2) is 7.02. The predicted octanol–water partition coefficient (Wildman–Crippen LogP) is 2.58. The molecule has 1 unspecified atom stereocenters. The van der Waals surface area contributed by atoms with E-state index in [9.17, 15) is 18.0 Å². The third-order valence-electron chi connectivity index (χ3n) is 4.93. The summed E-state index contributed by atoms with van der Waals surface area (Å²) in [6.07, 6.45) is 1.49. The van der Waals surface area contributed by atoms with Gasteiger partial charge in [-0.2, -0.15) is 0 Å². The number of rotatable bonds is 5. The van der Waals surface area contributed by atoms with E-state index >= 15 is 0 Å². The number of amides is 2. The third-order valence-corrected chi connectivity index (χ3v) is 6.28. The standard InChI is InChI=1S/C19H28N2O4S/c1-6-7-16(22)21-13-12-19(21,5)17(23)20-26(24,25)15-10-8-14(9-11-15)18(2,3)4/h8-11H,6-7,12-13H2,1-5H3,(H,20,23). The summed E-state index contributed by atoms with van der Waals surface area (Å²) >= 11 is 0. The van der Waals surface area contributed by atoms with Gasteiger partial charge < -0.3 is 4.90 Å². The first-order chi connectivity index (χ1) is 11.9. The van der Waals surface area contributed by atoms with Crippen LogP contribution < -0.4 is 4.72 Å². The van der Waals surface area contributed by atoms with Gasteiger partial charge >= 0.3 is 0 Å². The molecule has 0 radical (unpaired) electrons. The molecule has 6 nitrogen and oxygen atoms in total. The summed E-state index contributed by atoms with van der Waals surface area (Å²) in [7, 11) is -3.98. The summed E-state index contributed by atoms with van der Waals surface area (Å²) in [5.74, 6) is -0.781. The molecule has 144 valence electrons. The second-order valence-corrected chi connectivity index (χ2v) is 9.71. The third kappa shape index (κ3) is 3.92. The molecule has 1 aromatic rings. The molecular formula is C19H28N2O4S. The van der Waals surface area contributed by atoms with Crippen LogP contribution in [-0.4, -0.2) is 37.2 Å². The van der Waals surface area contributed by atoms with Crippen LogP contribution >= 0.6 is 0 Å². The zero-order valence-corrected chi connectivity index (χ0v) is 16.9. The van der Waals surface area contributed by atoms with Gasteiger partial charge in [-0.05, 0) is 42.9 Å². The Morgan fingerprint density at radius 3 is 2.19 bits per heavy atom. The SMILES string of the molecule is CCCC(=O)N1CCC1(C)C(=O)NS(=O)(=O)c1ccc(C(C)(C)C)cc1. The molecule has 1 aromatic carbocycles. The van der Waals surface area contributed by atoms with E-state index in [0.29, 0.717) is 25.8 Å². The number of hydrogen-bond donors (Lipinski definition) is 1. The molecule has 1 aliphatic rings. The molecule has 0 aliphatic carbocycles. The lowest BCUT2D eigenvalue weighted by atomic mass is 9.85. The van der Waals surface area contributed by atoms with Crippen molar-refractivity contribution in [1.82, 2.24) is 9.62 Å². The number of hydrogen-bond acceptors (Lipinski definition) is 4. The molecule has 1 aliphatic heterocycles. The van der Waals surface area contributed by atoms with Crippen LogP contribution in [0.3, 0.4) is 0 Å². The van der Waals surface area contributed by atoms with Gasteiger partial charge in [0, 0.05) is 13.0 Å². The van der Waals surface area contributed by atoms with Gasteiger partial charge in [0.15, 0.2) is 0 Å². The molecular weight excluding hydrogens is 352 g/mol. The number of sulfonamides is 1. The fourth-order valence-electron chi connectivity index (χ4n) is 2.97. The van der Waals surface area contributed by atoms with E-state index in [0.717, 1.165) is 5.56 Å². The highest BCUT2D eigenvalue weighted by Gasteiger charge is 2.50.